The van der Waals surface area contributed by atoms with E-state index in [4.69, 9.17) is 21.1 Å². The van der Waals surface area contributed by atoms with Gasteiger partial charge in [-0.15, -0.1) is 0 Å². The van der Waals surface area contributed by atoms with E-state index in [0.29, 0.717) is 38.8 Å². The number of halogens is 1. The molecule has 0 spiro atoms. The molecule has 9 heteroatoms. The van der Waals surface area contributed by atoms with Gasteiger partial charge in [0.1, 0.15) is 11.8 Å². The molecule has 1 aliphatic heterocycles. The van der Waals surface area contributed by atoms with E-state index in [9.17, 15) is 9.90 Å². The summed E-state index contributed by atoms with van der Waals surface area (Å²) in [6, 6.07) is 19.2. The zero-order valence-corrected chi connectivity index (χ0v) is 17.3. The number of aliphatic hydroxyl groups is 1. The maximum atomic E-state index is 12.9. The molecule has 8 nitrogen and oxygen atoms in total. The molecule has 0 saturated heterocycles. The maximum Gasteiger partial charge on any atom is 0.276 e. The van der Waals surface area contributed by atoms with Crippen LogP contribution in [0.15, 0.2) is 76.6 Å². The van der Waals surface area contributed by atoms with E-state index in [1.54, 1.807) is 36.4 Å². The summed E-state index contributed by atoms with van der Waals surface area (Å²) in [5.41, 5.74) is 4.56. The molecule has 0 saturated carbocycles. The van der Waals surface area contributed by atoms with Gasteiger partial charge in [0.15, 0.2) is 17.2 Å². The first-order chi connectivity index (χ1) is 15.6. The first-order valence-corrected chi connectivity index (χ1v) is 10.1. The summed E-state index contributed by atoms with van der Waals surface area (Å²) in [7, 11) is 0. The van der Waals surface area contributed by atoms with E-state index in [1.807, 2.05) is 30.3 Å². The van der Waals surface area contributed by atoms with Crippen molar-refractivity contribution in [3.63, 3.8) is 0 Å². The fourth-order valence-electron chi connectivity index (χ4n) is 3.35. The van der Waals surface area contributed by atoms with E-state index >= 15 is 0 Å². The normalized spacial score (nSPS) is 13.9. The second-order valence-electron chi connectivity index (χ2n) is 7.07. The Bertz CT molecular complexity index is 1390. The van der Waals surface area contributed by atoms with Gasteiger partial charge in [0.25, 0.3) is 5.56 Å². The van der Waals surface area contributed by atoms with Crippen LogP contribution in [0.3, 0.4) is 0 Å². The zero-order chi connectivity index (χ0) is 22.1. The Morgan fingerprint density at radius 2 is 1.91 bits per heavy atom. The number of hydrazone groups is 1. The van der Waals surface area contributed by atoms with Crippen molar-refractivity contribution in [1.29, 1.82) is 0 Å². The van der Waals surface area contributed by atoms with E-state index < -0.39 is 11.7 Å². The Kier molecular flexibility index (Phi) is 5.22. The molecule has 2 heterocycles. The van der Waals surface area contributed by atoms with Gasteiger partial charge in [-0.25, -0.2) is 4.98 Å². The van der Waals surface area contributed by atoms with Gasteiger partial charge in [-0.3, -0.25) is 10.2 Å². The number of H-pyrrole nitrogens is 1. The number of aromatic amines is 1. The summed E-state index contributed by atoms with van der Waals surface area (Å²) >= 11 is 6.02. The van der Waals surface area contributed by atoms with Gasteiger partial charge < -0.3 is 19.6 Å². The molecule has 0 aliphatic carbocycles. The molecule has 3 aromatic carbocycles. The van der Waals surface area contributed by atoms with Crippen molar-refractivity contribution in [3.8, 4) is 11.5 Å². The van der Waals surface area contributed by atoms with Crippen molar-refractivity contribution in [3.05, 3.63) is 93.4 Å². The number of aromatic nitrogens is 2. The van der Waals surface area contributed by atoms with Gasteiger partial charge in [0, 0.05) is 5.02 Å². The van der Waals surface area contributed by atoms with Crippen molar-refractivity contribution in [1.82, 2.24) is 9.97 Å². The number of para-hydroxylation sites is 1. The third-order valence-electron chi connectivity index (χ3n) is 4.95. The predicted octanol–water partition coefficient (Wildman–Crippen LogP) is 3.86. The van der Waals surface area contributed by atoms with Gasteiger partial charge in [-0.05, 0) is 48.0 Å². The molecule has 0 bridgehead atoms. The summed E-state index contributed by atoms with van der Waals surface area (Å²) < 4.78 is 10.7. The highest BCUT2D eigenvalue weighted by Crippen LogP contribution is 2.34. The topological polar surface area (TPSA) is 109 Å². The lowest BCUT2D eigenvalue weighted by molar-refractivity contribution is 0.173. The fourth-order valence-corrected chi connectivity index (χ4v) is 3.53. The molecule has 1 aliphatic rings. The quantitative estimate of drug-likeness (QED) is 0.316. The Labute approximate surface area is 187 Å². The van der Waals surface area contributed by atoms with Crippen LogP contribution in [-0.4, -0.2) is 27.6 Å². The molecular formula is C23H17ClN4O4. The van der Waals surface area contributed by atoms with Crippen LogP contribution in [-0.2, 0) is 0 Å². The number of hydrogen-bond acceptors (Lipinski definition) is 7. The largest absolute Gasteiger partial charge is 0.454 e. The summed E-state index contributed by atoms with van der Waals surface area (Å²) in [5, 5.41) is 16.0. The molecule has 32 heavy (non-hydrogen) atoms. The molecule has 4 aromatic rings. The molecule has 0 amide bonds. The third-order valence-corrected chi connectivity index (χ3v) is 5.18. The lowest BCUT2D eigenvalue weighted by atomic mass is 10.0. The van der Waals surface area contributed by atoms with Crippen molar-refractivity contribution in [2.45, 2.75) is 6.10 Å². The molecule has 0 unspecified atom stereocenters. The molecule has 3 N–H and O–H groups in total. The van der Waals surface area contributed by atoms with Gasteiger partial charge in [0.05, 0.1) is 16.7 Å². The lowest BCUT2D eigenvalue weighted by Gasteiger charge is -2.15. The minimum atomic E-state index is -1.26. The number of benzene rings is 3. The average Bonchev–Trinajstić information content (AvgIpc) is 3.28. The minimum Gasteiger partial charge on any atom is -0.454 e. The summed E-state index contributed by atoms with van der Waals surface area (Å²) in [5.74, 6) is 1.09. The average molecular weight is 449 g/mol. The maximum absolute atomic E-state index is 12.9. The number of ether oxygens (including phenoxy) is 2. The second kappa shape index (κ2) is 8.33. The van der Waals surface area contributed by atoms with Crippen LogP contribution < -0.4 is 20.5 Å². The first-order valence-electron chi connectivity index (χ1n) is 9.75. The van der Waals surface area contributed by atoms with Crippen molar-refractivity contribution in [2.75, 3.05) is 12.2 Å². The molecule has 0 radical (unpaired) electrons. The summed E-state index contributed by atoms with van der Waals surface area (Å²) in [4.78, 5) is 20.1. The van der Waals surface area contributed by atoms with Crippen molar-refractivity contribution < 1.29 is 14.6 Å². The Hall–Kier alpha value is -3.88. The van der Waals surface area contributed by atoms with E-state index in [0.717, 1.165) is 0 Å². The highest BCUT2D eigenvalue weighted by molar-refractivity contribution is 6.31. The van der Waals surface area contributed by atoms with Crippen molar-refractivity contribution in [2.24, 2.45) is 5.10 Å². The van der Waals surface area contributed by atoms with E-state index in [2.05, 4.69) is 20.5 Å². The Morgan fingerprint density at radius 3 is 2.75 bits per heavy atom. The fraction of sp³-hybridized carbons (Fsp3) is 0.0870. The highest BCUT2D eigenvalue weighted by Gasteiger charge is 2.25. The number of nitrogens with one attached hydrogen (secondary N) is 2. The van der Waals surface area contributed by atoms with Crippen LogP contribution >= 0.6 is 11.6 Å². The predicted molar refractivity (Wildman–Crippen MR) is 122 cm³/mol. The standard InChI is InChI=1S/C23H17ClN4O4/c24-14-7-8-16-17(11-14)26-23(30)21(25-16)20(28-27-15-4-2-1-3-5-15)22(29)13-6-9-18-19(10-13)32-12-31-18/h1-11,22,27,29H,12H2,(H,26,30)/b28-20-/t22-/m0/s1. The van der Waals surface area contributed by atoms with Gasteiger partial charge in [-0.1, -0.05) is 35.9 Å². The number of fused-ring (bicyclic) bond motifs is 2. The molecule has 1 aromatic heterocycles. The SMILES string of the molecule is O=c1[nH]c2cc(Cl)ccc2nc1/C(=N/Nc1ccccc1)[C@@H](O)c1ccc2c(c1)OCO2. The van der Waals surface area contributed by atoms with Crippen molar-refractivity contribution >= 4 is 34.0 Å². The minimum absolute atomic E-state index is 0.0200. The summed E-state index contributed by atoms with van der Waals surface area (Å²) in [6.07, 6.45) is -1.26. The van der Waals surface area contributed by atoms with Gasteiger partial charge in [-0.2, -0.15) is 5.10 Å². The molecule has 1 atom stereocenters. The number of nitrogens with zero attached hydrogens (tertiary/aromatic N) is 2. The molecule has 0 fully saturated rings. The smallest absolute Gasteiger partial charge is 0.276 e. The number of hydrogen-bond donors (Lipinski definition) is 3. The number of aliphatic hydroxyl groups excluding tert-OH is 1. The Morgan fingerprint density at radius 1 is 1.09 bits per heavy atom. The van der Waals surface area contributed by atoms with Crippen LogP contribution in [0.2, 0.25) is 5.02 Å². The van der Waals surface area contributed by atoms with Crippen LogP contribution in [0.5, 0.6) is 11.5 Å². The number of rotatable bonds is 5. The number of anilines is 1. The lowest BCUT2D eigenvalue weighted by Crippen LogP contribution is -2.26. The molecule has 5 rings (SSSR count). The highest BCUT2D eigenvalue weighted by atomic mass is 35.5. The van der Waals surface area contributed by atoms with Crippen LogP contribution in [0.25, 0.3) is 11.0 Å². The van der Waals surface area contributed by atoms with Crippen LogP contribution in [0.4, 0.5) is 5.69 Å². The zero-order valence-electron chi connectivity index (χ0n) is 16.6. The van der Waals surface area contributed by atoms with Gasteiger partial charge >= 0.3 is 0 Å². The first kappa shape index (κ1) is 20.0. The molecule has 160 valence electrons. The van der Waals surface area contributed by atoms with Crippen LogP contribution in [0, 0.1) is 0 Å². The van der Waals surface area contributed by atoms with E-state index in [-0.39, 0.29) is 18.2 Å². The third kappa shape index (κ3) is 3.89. The molecular weight excluding hydrogens is 432 g/mol. The summed E-state index contributed by atoms with van der Waals surface area (Å²) in [6.45, 7) is 0.111. The van der Waals surface area contributed by atoms with Gasteiger partial charge in [0.2, 0.25) is 6.79 Å². The van der Waals surface area contributed by atoms with Crippen LogP contribution in [0.1, 0.15) is 17.4 Å². The monoisotopic (exact) mass is 448 g/mol. The van der Waals surface area contributed by atoms with E-state index in [1.165, 1.54) is 0 Å². The Balaban J connectivity index is 1.61. The second-order valence-corrected chi connectivity index (χ2v) is 7.50.